The number of nitrogens with zero attached hydrogens (tertiary/aromatic N) is 1. The topological polar surface area (TPSA) is 33.7 Å². The molecule has 1 fully saturated rings. The summed E-state index contributed by atoms with van der Waals surface area (Å²) < 4.78 is 10.9. The standard InChI is InChI=1S/C21H24N2O2/c1-24-18-7-8-21(25-2)16(9-18)12-23-13-17-11-22-10-15-5-3-4-6-19(15)20(17)14-23/h3-10,17,22H,11-14H2,1-2H3. The Morgan fingerprint density at radius 2 is 2.00 bits per heavy atom. The zero-order valence-electron chi connectivity index (χ0n) is 14.8. The summed E-state index contributed by atoms with van der Waals surface area (Å²) in [5.41, 5.74) is 2.71. The molecule has 4 heteroatoms. The first-order valence-corrected chi connectivity index (χ1v) is 8.73. The van der Waals surface area contributed by atoms with E-state index in [0.717, 1.165) is 37.7 Å². The Bertz CT molecular complexity index is 891. The van der Waals surface area contributed by atoms with Crippen LogP contribution in [0.3, 0.4) is 0 Å². The molecule has 0 aliphatic carbocycles. The van der Waals surface area contributed by atoms with Crippen LogP contribution in [0.1, 0.15) is 5.56 Å². The molecule has 4 rings (SSSR count). The third kappa shape index (κ3) is 3.10. The van der Waals surface area contributed by atoms with Crippen LogP contribution in [0.5, 0.6) is 11.5 Å². The van der Waals surface area contributed by atoms with Gasteiger partial charge in [-0.25, -0.2) is 0 Å². The van der Waals surface area contributed by atoms with Crippen molar-refractivity contribution in [2.24, 2.45) is 5.92 Å². The zero-order valence-corrected chi connectivity index (χ0v) is 14.8. The maximum atomic E-state index is 5.54. The highest BCUT2D eigenvalue weighted by atomic mass is 16.5. The number of fused-ring (bicyclic) bond motifs is 2. The van der Waals surface area contributed by atoms with Gasteiger partial charge < -0.3 is 14.8 Å². The molecule has 2 heterocycles. The monoisotopic (exact) mass is 336 g/mol. The molecular formula is C21H24N2O2. The third-order valence-corrected chi connectivity index (χ3v) is 5.18. The second-order valence-corrected chi connectivity index (χ2v) is 6.71. The highest BCUT2D eigenvalue weighted by Gasteiger charge is 2.29. The minimum atomic E-state index is 0.552. The van der Waals surface area contributed by atoms with E-state index in [1.54, 1.807) is 19.8 Å². The smallest absolute Gasteiger partial charge is 0.123 e. The number of benzene rings is 2. The summed E-state index contributed by atoms with van der Waals surface area (Å²) >= 11 is 0. The fourth-order valence-electron chi connectivity index (χ4n) is 3.94. The molecule has 0 saturated carbocycles. The molecule has 1 atom stereocenters. The molecule has 1 unspecified atom stereocenters. The Balaban J connectivity index is 1.65. The summed E-state index contributed by atoms with van der Waals surface area (Å²) in [7, 11) is 3.43. The lowest BCUT2D eigenvalue weighted by atomic mass is 10.0. The van der Waals surface area contributed by atoms with Crippen LogP contribution in [0.25, 0.3) is 11.8 Å². The van der Waals surface area contributed by atoms with E-state index < -0.39 is 0 Å². The molecule has 0 aromatic heterocycles. The van der Waals surface area contributed by atoms with Gasteiger partial charge in [0.1, 0.15) is 11.5 Å². The zero-order chi connectivity index (χ0) is 17.2. The van der Waals surface area contributed by atoms with Gasteiger partial charge in [0.2, 0.25) is 0 Å². The van der Waals surface area contributed by atoms with Crippen LogP contribution in [0.2, 0.25) is 0 Å². The maximum Gasteiger partial charge on any atom is 0.123 e. The van der Waals surface area contributed by atoms with Gasteiger partial charge in [-0.05, 0) is 34.2 Å². The number of likely N-dealkylation sites (tertiary alicyclic amines) is 1. The highest BCUT2D eigenvalue weighted by Crippen LogP contribution is 2.29. The second kappa shape index (κ2) is 6.81. The maximum absolute atomic E-state index is 5.54. The molecule has 0 bridgehead atoms. The first-order valence-electron chi connectivity index (χ1n) is 8.73. The van der Waals surface area contributed by atoms with Crippen molar-refractivity contribution in [3.8, 4) is 11.5 Å². The lowest BCUT2D eigenvalue weighted by Gasteiger charge is -2.18. The predicted octanol–water partition coefficient (Wildman–Crippen LogP) is 1.33. The number of ether oxygens (including phenoxy) is 2. The number of nitrogens with one attached hydrogen (secondary N) is 1. The predicted molar refractivity (Wildman–Crippen MR) is 99.9 cm³/mol. The van der Waals surface area contributed by atoms with Crippen LogP contribution >= 0.6 is 0 Å². The van der Waals surface area contributed by atoms with Crippen molar-refractivity contribution < 1.29 is 9.47 Å². The molecule has 2 aromatic carbocycles. The average molecular weight is 336 g/mol. The Kier molecular flexibility index (Phi) is 4.36. The number of methoxy groups -OCH3 is 2. The molecule has 0 radical (unpaired) electrons. The van der Waals surface area contributed by atoms with E-state index in [-0.39, 0.29) is 0 Å². The van der Waals surface area contributed by atoms with E-state index in [4.69, 9.17) is 9.47 Å². The van der Waals surface area contributed by atoms with Gasteiger partial charge in [0.05, 0.1) is 14.2 Å². The van der Waals surface area contributed by atoms with E-state index in [0.29, 0.717) is 5.92 Å². The van der Waals surface area contributed by atoms with Gasteiger partial charge in [0.25, 0.3) is 0 Å². The van der Waals surface area contributed by atoms with E-state index in [9.17, 15) is 0 Å². The quantitative estimate of drug-likeness (QED) is 0.913. The Hall–Kier alpha value is -2.46. The first kappa shape index (κ1) is 16.0. The van der Waals surface area contributed by atoms with Crippen LogP contribution in [-0.2, 0) is 6.54 Å². The fourth-order valence-corrected chi connectivity index (χ4v) is 3.94. The SMILES string of the molecule is COc1ccc(OC)c(CN2CC3=c4ccccc4=CNCC3C2)c1. The van der Waals surface area contributed by atoms with Crippen molar-refractivity contribution in [2.75, 3.05) is 33.9 Å². The Labute approximate surface area is 148 Å². The summed E-state index contributed by atoms with van der Waals surface area (Å²) in [6, 6.07) is 14.7. The van der Waals surface area contributed by atoms with Gasteiger partial charge >= 0.3 is 0 Å². The highest BCUT2D eigenvalue weighted by molar-refractivity contribution is 5.55. The van der Waals surface area contributed by atoms with Gasteiger partial charge in [0, 0.05) is 43.9 Å². The van der Waals surface area contributed by atoms with Gasteiger partial charge in [-0.3, -0.25) is 4.90 Å². The molecule has 2 aromatic rings. The van der Waals surface area contributed by atoms with E-state index in [1.807, 2.05) is 12.1 Å². The number of rotatable bonds is 4. The summed E-state index contributed by atoms with van der Waals surface area (Å²) in [4.78, 5) is 2.50. The average Bonchev–Trinajstić information content (AvgIpc) is 2.96. The molecule has 1 saturated heterocycles. The minimum absolute atomic E-state index is 0.552. The second-order valence-electron chi connectivity index (χ2n) is 6.71. The van der Waals surface area contributed by atoms with E-state index in [1.165, 1.54) is 16.0 Å². The molecule has 0 amide bonds. The van der Waals surface area contributed by atoms with Crippen molar-refractivity contribution in [3.63, 3.8) is 0 Å². The molecule has 25 heavy (non-hydrogen) atoms. The van der Waals surface area contributed by atoms with Gasteiger partial charge in [-0.1, -0.05) is 24.3 Å². The molecular weight excluding hydrogens is 312 g/mol. The summed E-state index contributed by atoms with van der Waals surface area (Å²) in [6.07, 6.45) is 2.15. The summed E-state index contributed by atoms with van der Waals surface area (Å²) in [5.74, 6) is 2.35. The Morgan fingerprint density at radius 3 is 2.84 bits per heavy atom. The molecule has 2 aliphatic heterocycles. The van der Waals surface area contributed by atoms with E-state index >= 15 is 0 Å². The fraction of sp³-hybridized carbons (Fsp3) is 0.333. The summed E-state index contributed by atoms with van der Waals surface area (Å²) in [6.45, 7) is 3.92. The van der Waals surface area contributed by atoms with Crippen molar-refractivity contribution in [1.29, 1.82) is 0 Å². The van der Waals surface area contributed by atoms with Crippen LogP contribution in [0, 0.1) is 5.92 Å². The first-order chi connectivity index (χ1) is 12.3. The molecule has 0 spiro atoms. The lowest BCUT2D eigenvalue weighted by molar-refractivity contribution is 0.308. The molecule has 1 N–H and O–H groups in total. The van der Waals surface area contributed by atoms with Gasteiger partial charge in [-0.2, -0.15) is 0 Å². The molecule has 2 aliphatic rings. The third-order valence-electron chi connectivity index (χ3n) is 5.18. The largest absolute Gasteiger partial charge is 0.497 e. The Morgan fingerprint density at radius 1 is 1.12 bits per heavy atom. The normalized spacial score (nSPS) is 19.3. The molecule has 130 valence electrons. The van der Waals surface area contributed by atoms with Crippen molar-refractivity contribution >= 4 is 11.8 Å². The number of hydrogen-bond donors (Lipinski definition) is 1. The van der Waals surface area contributed by atoms with Crippen LogP contribution in [0.4, 0.5) is 0 Å². The van der Waals surface area contributed by atoms with Crippen molar-refractivity contribution in [1.82, 2.24) is 10.2 Å². The lowest BCUT2D eigenvalue weighted by Crippen LogP contribution is -2.28. The van der Waals surface area contributed by atoms with Crippen molar-refractivity contribution in [3.05, 3.63) is 58.5 Å². The van der Waals surface area contributed by atoms with Gasteiger partial charge in [0.15, 0.2) is 0 Å². The van der Waals surface area contributed by atoms with E-state index in [2.05, 4.69) is 46.7 Å². The van der Waals surface area contributed by atoms with Gasteiger partial charge in [-0.15, -0.1) is 0 Å². The molecule has 4 nitrogen and oxygen atoms in total. The van der Waals surface area contributed by atoms with Crippen LogP contribution in [0.15, 0.2) is 42.5 Å². The number of hydrogen-bond acceptors (Lipinski definition) is 4. The van der Waals surface area contributed by atoms with Crippen molar-refractivity contribution in [2.45, 2.75) is 6.54 Å². The summed E-state index contributed by atoms with van der Waals surface area (Å²) in [5, 5.41) is 6.16. The minimum Gasteiger partial charge on any atom is -0.497 e. The van der Waals surface area contributed by atoms with Crippen LogP contribution < -0.4 is 25.2 Å². The van der Waals surface area contributed by atoms with Crippen LogP contribution in [-0.4, -0.2) is 38.8 Å².